The van der Waals surface area contributed by atoms with Gasteiger partial charge < -0.3 is 5.11 Å². The molecule has 0 spiro atoms. The fourth-order valence-electron chi connectivity index (χ4n) is 3.59. The molecule has 0 aliphatic heterocycles. The molecule has 0 unspecified atom stereocenters. The predicted octanol–water partition coefficient (Wildman–Crippen LogP) is 4.66. The van der Waals surface area contributed by atoms with E-state index < -0.39 is 5.97 Å². The van der Waals surface area contributed by atoms with Gasteiger partial charge in [0.1, 0.15) is 5.82 Å². The summed E-state index contributed by atoms with van der Waals surface area (Å²) < 4.78 is 1.74. The Morgan fingerprint density at radius 2 is 1.73 bits per heavy atom. The van der Waals surface area contributed by atoms with Crippen LogP contribution in [0, 0.1) is 0 Å². The summed E-state index contributed by atoms with van der Waals surface area (Å²) in [5.41, 5.74) is 2.86. The van der Waals surface area contributed by atoms with Crippen molar-refractivity contribution >= 4 is 11.8 Å². The number of aryl methyl sites for hydroxylation is 1. The van der Waals surface area contributed by atoms with E-state index >= 15 is 0 Å². The van der Waals surface area contributed by atoms with E-state index in [1.54, 1.807) is 47.3 Å². The third kappa shape index (κ3) is 5.03. The lowest BCUT2D eigenvalue weighted by Gasteiger charge is -2.08. The van der Waals surface area contributed by atoms with E-state index in [-0.39, 0.29) is 17.2 Å². The highest BCUT2D eigenvalue weighted by Crippen LogP contribution is 2.23. The van der Waals surface area contributed by atoms with Crippen molar-refractivity contribution in [3.8, 4) is 11.1 Å². The summed E-state index contributed by atoms with van der Waals surface area (Å²) in [6.07, 6.45) is 4.33. The van der Waals surface area contributed by atoms with Crippen molar-refractivity contribution in [3.63, 3.8) is 0 Å². The molecule has 2 aromatic heterocycles. The maximum Gasteiger partial charge on any atom is 0.336 e. The molecule has 7 heteroatoms. The Morgan fingerprint density at radius 3 is 2.42 bits per heavy atom. The number of aromatic nitrogens is 4. The van der Waals surface area contributed by atoms with Crippen molar-refractivity contribution in [1.29, 1.82) is 0 Å². The summed E-state index contributed by atoms with van der Waals surface area (Å²) in [5, 5.41) is 13.9. The molecule has 0 aliphatic rings. The number of hydrogen-bond donors (Lipinski definition) is 1. The van der Waals surface area contributed by atoms with Gasteiger partial charge in [-0.3, -0.25) is 9.78 Å². The first kappa shape index (κ1) is 22.1. The van der Waals surface area contributed by atoms with Crippen molar-refractivity contribution in [3.05, 3.63) is 101 Å². The van der Waals surface area contributed by atoms with E-state index in [1.165, 1.54) is 0 Å². The summed E-state index contributed by atoms with van der Waals surface area (Å²) >= 11 is 0. The average Bonchev–Trinajstić information content (AvgIpc) is 3.25. The molecule has 166 valence electrons. The molecule has 0 aliphatic carbocycles. The van der Waals surface area contributed by atoms with Gasteiger partial charge in [-0.05, 0) is 24.1 Å². The number of carbonyl (C=O) groups excluding carboxylic acids is 1. The highest BCUT2D eigenvalue weighted by Gasteiger charge is 2.18. The zero-order valence-corrected chi connectivity index (χ0v) is 18.3. The van der Waals surface area contributed by atoms with Crippen LogP contribution in [0.15, 0.2) is 72.9 Å². The molecule has 4 rings (SSSR count). The first-order chi connectivity index (χ1) is 16.1. The van der Waals surface area contributed by atoms with Gasteiger partial charge in [0.05, 0.1) is 17.8 Å². The number of hydrogen-bond acceptors (Lipinski definition) is 5. The van der Waals surface area contributed by atoms with Crippen LogP contribution in [0.2, 0.25) is 0 Å². The van der Waals surface area contributed by atoms with Gasteiger partial charge in [-0.25, -0.2) is 14.5 Å². The molecule has 2 heterocycles. The van der Waals surface area contributed by atoms with Crippen LogP contribution in [0.3, 0.4) is 0 Å². The van der Waals surface area contributed by atoms with E-state index in [1.807, 2.05) is 30.3 Å². The minimum absolute atomic E-state index is 0.180. The van der Waals surface area contributed by atoms with Crippen LogP contribution in [0.4, 0.5) is 0 Å². The fourth-order valence-corrected chi connectivity index (χ4v) is 3.59. The van der Waals surface area contributed by atoms with E-state index in [0.29, 0.717) is 17.7 Å². The Morgan fingerprint density at radius 1 is 0.970 bits per heavy atom. The van der Waals surface area contributed by atoms with Gasteiger partial charge in [-0.1, -0.05) is 67.9 Å². The second kappa shape index (κ2) is 9.99. The monoisotopic (exact) mass is 440 g/mol. The molecule has 0 fully saturated rings. The highest BCUT2D eigenvalue weighted by molar-refractivity contribution is 6.06. The topological polar surface area (TPSA) is 98.0 Å². The van der Waals surface area contributed by atoms with Gasteiger partial charge in [0, 0.05) is 23.7 Å². The first-order valence-corrected chi connectivity index (χ1v) is 10.9. The number of aromatic carboxylic acids is 1. The molecule has 2 aromatic carbocycles. The lowest BCUT2D eigenvalue weighted by molar-refractivity contribution is 0.0697. The zero-order valence-electron chi connectivity index (χ0n) is 18.3. The summed E-state index contributed by atoms with van der Waals surface area (Å²) in [6, 6.07) is 19.5. The molecule has 33 heavy (non-hydrogen) atoms. The van der Waals surface area contributed by atoms with E-state index in [0.717, 1.165) is 36.3 Å². The number of nitrogens with zero attached hydrogens (tertiary/aromatic N) is 4. The summed E-state index contributed by atoms with van der Waals surface area (Å²) in [7, 11) is 0. The normalized spacial score (nSPS) is 10.8. The van der Waals surface area contributed by atoms with Crippen molar-refractivity contribution in [1.82, 2.24) is 19.7 Å². The van der Waals surface area contributed by atoms with Crippen LogP contribution in [0.1, 0.15) is 57.8 Å². The number of carbonyl (C=O) groups is 2. The molecular weight excluding hydrogens is 416 g/mol. The summed E-state index contributed by atoms with van der Waals surface area (Å²) in [5.74, 6) is -0.258. The molecule has 0 saturated carbocycles. The van der Waals surface area contributed by atoms with Gasteiger partial charge in [-0.15, -0.1) is 5.10 Å². The number of carboxylic acids is 1. The van der Waals surface area contributed by atoms with Crippen molar-refractivity contribution < 1.29 is 14.7 Å². The van der Waals surface area contributed by atoms with Crippen LogP contribution in [0.25, 0.3) is 11.1 Å². The molecule has 7 nitrogen and oxygen atoms in total. The van der Waals surface area contributed by atoms with Crippen LogP contribution in [-0.2, 0) is 13.0 Å². The smallest absolute Gasteiger partial charge is 0.336 e. The largest absolute Gasteiger partial charge is 0.478 e. The van der Waals surface area contributed by atoms with E-state index in [2.05, 4.69) is 22.0 Å². The molecule has 4 aromatic rings. The average molecular weight is 441 g/mol. The third-order valence-electron chi connectivity index (χ3n) is 5.35. The number of carboxylic acid groups (broad SMARTS) is 1. The van der Waals surface area contributed by atoms with Crippen molar-refractivity contribution in [2.45, 2.75) is 32.7 Å². The Bertz CT molecular complexity index is 1260. The molecular formula is C26H24N4O3. The number of benzene rings is 2. The van der Waals surface area contributed by atoms with Gasteiger partial charge in [0.25, 0.3) is 0 Å². The molecule has 0 saturated heterocycles. The van der Waals surface area contributed by atoms with E-state index in [4.69, 9.17) is 0 Å². The number of rotatable bonds is 9. The first-order valence-electron chi connectivity index (χ1n) is 10.9. The maximum atomic E-state index is 12.8. The van der Waals surface area contributed by atoms with Crippen molar-refractivity contribution in [2.24, 2.45) is 0 Å². The third-order valence-corrected chi connectivity index (χ3v) is 5.35. The number of unbranched alkanes of at least 4 members (excludes halogenated alkanes) is 1. The lowest BCUT2D eigenvalue weighted by Crippen LogP contribution is -2.09. The van der Waals surface area contributed by atoms with Gasteiger partial charge >= 0.3 is 5.97 Å². The predicted molar refractivity (Wildman–Crippen MR) is 124 cm³/mol. The molecule has 0 radical (unpaired) electrons. The molecule has 0 atom stereocenters. The SMILES string of the molecule is CCCCc1nc(C(=O)c2ccccc2)nn1Cc1ccc(-c2ccccc2C(=O)O)cn1. The summed E-state index contributed by atoms with van der Waals surface area (Å²) in [4.78, 5) is 33.4. The van der Waals surface area contributed by atoms with Crippen LogP contribution < -0.4 is 0 Å². The second-order valence-electron chi connectivity index (χ2n) is 7.70. The Kier molecular flexibility index (Phi) is 6.69. The van der Waals surface area contributed by atoms with Crippen LogP contribution in [0.5, 0.6) is 0 Å². The minimum atomic E-state index is -0.978. The fraction of sp³-hybridized carbons (Fsp3) is 0.192. The lowest BCUT2D eigenvalue weighted by atomic mass is 10.0. The number of pyridine rings is 1. The van der Waals surface area contributed by atoms with Crippen LogP contribution in [-0.4, -0.2) is 36.6 Å². The maximum absolute atomic E-state index is 12.8. The number of ketones is 1. The van der Waals surface area contributed by atoms with Crippen LogP contribution >= 0.6 is 0 Å². The Hall–Kier alpha value is -4.13. The standard InChI is InChI=1S/C26H24N4O3/c1-2-3-13-23-28-25(24(31)18-9-5-4-6-10-18)29-30(23)17-20-15-14-19(16-27-20)21-11-7-8-12-22(21)26(32)33/h4-12,14-16H,2-3,13,17H2,1H3,(H,32,33). The van der Waals surface area contributed by atoms with Gasteiger partial charge in [0.2, 0.25) is 11.6 Å². The van der Waals surface area contributed by atoms with E-state index in [9.17, 15) is 14.7 Å². The summed E-state index contributed by atoms with van der Waals surface area (Å²) in [6.45, 7) is 2.47. The highest BCUT2D eigenvalue weighted by atomic mass is 16.4. The van der Waals surface area contributed by atoms with Crippen molar-refractivity contribution in [2.75, 3.05) is 0 Å². The zero-order chi connectivity index (χ0) is 23.2. The minimum Gasteiger partial charge on any atom is -0.478 e. The quantitative estimate of drug-likeness (QED) is 0.380. The van der Waals surface area contributed by atoms with Gasteiger partial charge in [0.15, 0.2) is 0 Å². The van der Waals surface area contributed by atoms with Gasteiger partial charge in [-0.2, -0.15) is 0 Å². The molecule has 0 bridgehead atoms. The molecule has 1 N–H and O–H groups in total. The molecule has 0 amide bonds. The Balaban J connectivity index is 1.60. The Labute approximate surface area is 191 Å². The second-order valence-corrected chi connectivity index (χ2v) is 7.70.